The summed E-state index contributed by atoms with van der Waals surface area (Å²) < 4.78 is 0. The van der Waals surface area contributed by atoms with Crippen molar-refractivity contribution < 1.29 is 14.7 Å². The number of hydrogen-bond donors (Lipinski definition) is 1. The Morgan fingerprint density at radius 3 is 2.67 bits per heavy atom. The van der Waals surface area contributed by atoms with Gasteiger partial charge in [-0.05, 0) is 43.9 Å². The summed E-state index contributed by atoms with van der Waals surface area (Å²) >= 11 is 0. The zero-order valence-corrected chi connectivity index (χ0v) is 14.0. The van der Waals surface area contributed by atoms with Gasteiger partial charge in [0, 0.05) is 29.3 Å². The van der Waals surface area contributed by atoms with E-state index < -0.39 is 11.4 Å². The molecule has 1 amide bonds. The van der Waals surface area contributed by atoms with Gasteiger partial charge >= 0.3 is 5.97 Å². The highest BCUT2D eigenvalue weighted by Gasteiger charge is 2.43. The highest BCUT2D eigenvalue weighted by Crippen LogP contribution is 2.43. The van der Waals surface area contributed by atoms with Crippen LogP contribution in [0.1, 0.15) is 51.5 Å². The van der Waals surface area contributed by atoms with Crippen molar-refractivity contribution in [2.75, 3.05) is 11.4 Å². The van der Waals surface area contributed by atoms with E-state index in [4.69, 9.17) is 10.6 Å². The van der Waals surface area contributed by atoms with Gasteiger partial charge in [-0.1, -0.05) is 30.1 Å². The van der Waals surface area contributed by atoms with E-state index in [2.05, 4.69) is 10.0 Å². The Balaban J connectivity index is 2.05. The van der Waals surface area contributed by atoms with E-state index in [-0.39, 0.29) is 12.3 Å². The Morgan fingerprint density at radius 1 is 1.29 bits per heavy atom. The predicted octanol–water partition coefficient (Wildman–Crippen LogP) is 4.29. The van der Waals surface area contributed by atoms with E-state index in [0.29, 0.717) is 18.7 Å². The second kappa shape index (κ2) is 7.36. The second-order valence-corrected chi connectivity index (χ2v) is 6.53. The fourth-order valence-electron chi connectivity index (χ4n) is 3.07. The predicted molar refractivity (Wildman–Crippen MR) is 91.3 cm³/mol. The number of benzene rings is 1. The molecule has 2 rings (SSSR count). The summed E-state index contributed by atoms with van der Waals surface area (Å²) in [6.07, 6.45) is 3.37. The maximum Gasteiger partial charge on any atom is 0.303 e. The number of carboxylic acids is 1. The molecule has 1 N–H and O–H groups in total. The molecule has 128 valence electrons. The molecule has 1 aliphatic rings. The van der Waals surface area contributed by atoms with Crippen molar-refractivity contribution in [3.05, 3.63) is 34.2 Å². The maximum absolute atomic E-state index is 12.7. The molecule has 0 bridgehead atoms. The molecule has 0 fully saturated rings. The van der Waals surface area contributed by atoms with Crippen LogP contribution in [0.3, 0.4) is 0 Å². The number of anilines is 1. The SMILES string of the molecule is CC1(C)C(=O)N(CCCCCCC(=O)O)c2cc(N=[N+]=[N-])ccc21. The van der Waals surface area contributed by atoms with Gasteiger partial charge in [-0.15, -0.1) is 0 Å². The van der Waals surface area contributed by atoms with Crippen LogP contribution in [-0.4, -0.2) is 23.5 Å². The number of carbonyl (C=O) groups excluding carboxylic acids is 1. The average Bonchev–Trinajstić information content (AvgIpc) is 2.71. The summed E-state index contributed by atoms with van der Waals surface area (Å²) in [5, 5.41) is 12.2. The van der Waals surface area contributed by atoms with Crippen molar-refractivity contribution in [2.24, 2.45) is 5.11 Å². The highest BCUT2D eigenvalue weighted by atomic mass is 16.4. The third kappa shape index (κ3) is 3.68. The lowest BCUT2D eigenvalue weighted by Crippen LogP contribution is -2.36. The topological polar surface area (TPSA) is 106 Å². The number of fused-ring (bicyclic) bond motifs is 1. The van der Waals surface area contributed by atoms with Crippen LogP contribution in [0.15, 0.2) is 23.3 Å². The normalized spacial score (nSPS) is 15.1. The van der Waals surface area contributed by atoms with Gasteiger partial charge in [0.05, 0.1) is 5.41 Å². The molecule has 0 unspecified atom stereocenters. The van der Waals surface area contributed by atoms with E-state index in [0.717, 1.165) is 30.5 Å². The lowest BCUT2D eigenvalue weighted by Gasteiger charge is -2.20. The average molecular weight is 330 g/mol. The van der Waals surface area contributed by atoms with E-state index >= 15 is 0 Å². The molecule has 0 radical (unpaired) electrons. The molecule has 0 aromatic heterocycles. The lowest BCUT2D eigenvalue weighted by atomic mass is 9.86. The van der Waals surface area contributed by atoms with E-state index in [9.17, 15) is 9.59 Å². The Kier molecular flexibility index (Phi) is 5.46. The van der Waals surface area contributed by atoms with Crippen molar-refractivity contribution in [1.82, 2.24) is 0 Å². The summed E-state index contributed by atoms with van der Waals surface area (Å²) in [6, 6.07) is 5.33. The van der Waals surface area contributed by atoms with Crippen LogP contribution < -0.4 is 4.90 Å². The van der Waals surface area contributed by atoms with Gasteiger partial charge in [0.15, 0.2) is 0 Å². The van der Waals surface area contributed by atoms with Crippen LogP contribution in [0, 0.1) is 0 Å². The second-order valence-electron chi connectivity index (χ2n) is 6.53. The molecule has 0 spiro atoms. The molecule has 7 heteroatoms. The van der Waals surface area contributed by atoms with Gasteiger partial charge in [-0.2, -0.15) is 0 Å². The highest BCUT2D eigenvalue weighted by molar-refractivity contribution is 6.07. The number of hydrogen-bond acceptors (Lipinski definition) is 3. The Bertz CT molecular complexity index is 693. The molecule has 1 aromatic carbocycles. The van der Waals surface area contributed by atoms with Gasteiger partial charge in [-0.25, -0.2) is 0 Å². The van der Waals surface area contributed by atoms with Crippen LogP contribution in [-0.2, 0) is 15.0 Å². The number of azide groups is 1. The smallest absolute Gasteiger partial charge is 0.303 e. The van der Waals surface area contributed by atoms with Crippen LogP contribution in [0.2, 0.25) is 0 Å². The summed E-state index contributed by atoms with van der Waals surface area (Å²) in [6.45, 7) is 4.38. The molecule has 1 aromatic rings. The number of carboxylic acid groups (broad SMARTS) is 1. The first-order valence-electron chi connectivity index (χ1n) is 8.11. The van der Waals surface area contributed by atoms with Crippen LogP contribution in [0.4, 0.5) is 11.4 Å². The van der Waals surface area contributed by atoms with Crippen LogP contribution in [0.5, 0.6) is 0 Å². The fraction of sp³-hybridized carbons (Fsp3) is 0.529. The summed E-state index contributed by atoms with van der Waals surface area (Å²) in [4.78, 5) is 27.7. The zero-order valence-electron chi connectivity index (χ0n) is 14.0. The van der Waals surface area contributed by atoms with Gasteiger partial charge in [0.1, 0.15) is 0 Å². The quantitative estimate of drug-likeness (QED) is 0.332. The third-order valence-corrected chi connectivity index (χ3v) is 4.41. The number of amides is 1. The molecule has 7 nitrogen and oxygen atoms in total. The van der Waals surface area contributed by atoms with Crippen LogP contribution in [0.25, 0.3) is 10.4 Å². The summed E-state index contributed by atoms with van der Waals surface area (Å²) in [7, 11) is 0. The van der Waals surface area contributed by atoms with Crippen molar-refractivity contribution in [3.8, 4) is 0 Å². The van der Waals surface area contributed by atoms with Gasteiger partial charge < -0.3 is 10.0 Å². The minimum absolute atomic E-state index is 0.0427. The monoisotopic (exact) mass is 330 g/mol. The van der Waals surface area contributed by atoms with E-state index in [1.165, 1.54) is 0 Å². The van der Waals surface area contributed by atoms with Gasteiger partial charge in [-0.3, -0.25) is 9.59 Å². The van der Waals surface area contributed by atoms with Crippen molar-refractivity contribution >= 4 is 23.3 Å². The number of unbranched alkanes of at least 4 members (excludes halogenated alkanes) is 3. The standard InChI is InChI=1S/C17H22N4O3/c1-17(2)13-9-8-12(19-20-18)11-14(13)21(16(17)24)10-6-4-3-5-7-15(22)23/h8-9,11H,3-7,10H2,1-2H3,(H,22,23). The minimum atomic E-state index is -0.772. The molecular formula is C17H22N4O3. The fourth-order valence-corrected chi connectivity index (χ4v) is 3.07. The largest absolute Gasteiger partial charge is 0.481 e. The molecule has 0 saturated carbocycles. The van der Waals surface area contributed by atoms with Crippen molar-refractivity contribution in [1.29, 1.82) is 0 Å². The van der Waals surface area contributed by atoms with Crippen molar-refractivity contribution in [3.63, 3.8) is 0 Å². The molecule has 1 heterocycles. The van der Waals surface area contributed by atoms with Crippen LogP contribution >= 0.6 is 0 Å². The van der Waals surface area contributed by atoms with Gasteiger partial charge in [0.2, 0.25) is 5.91 Å². The Labute approximate surface area is 140 Å². The van der Waals surface area contributed by atoms with E-state index in [1.54, 1.807) is 17.0 Å². The zero-order chi connectivity index (χ0) is 17.7. The Hall–Kier alpha value is -2.53. The molecule has 0 atom stereocenters. The first-order valence-corrected chi connectivity index (χ1v) is 8.11. The number of nitrogens with zero attached hydrogens (tertiary/aromatic N) is 4. The molecule has 1 aliphatic heterocycles. The Morgan fingerprint density at radius 2 is 2.00 bits per heavy atom. The first kappa shape index (κ1) is 17.8. The summed E-state index contributed by atoms with van der Waals surface area (Å²) in [5.74, 6) is -0.730. The van der Waals surface area contributed by atoms with E-state index in [1.807, 2.05) is 19.9 Å². The molecule has 24 heavy (non-hydrogen) atoms. The molecular weight excluding hydrogens is 308 g/mol. The minimum Gasteiger partial charge on any atom is -0.481 e. The third-order valence-electron chi connectivity index (χ3n) is 4.41. The summed E-state index contributed by atoms with van der Waals surface area (Å²) in [5.41, 5.74) is 10.2. The lowest BCUT2D eigenvalue weighted by molar-refractivity contribution is -0.137. The number of carbonyl (C=O) groups is 2. The first-order chi connectivity index (χ1) is 11.4. The maximum atomic E-state index is 12.7. The number of rotatable bonds is 8. The molecule has 0 aliphatic carbocycles. The molecule has 0 saturated heterocycles. The number of aliphatic carboxylic acids is 1. The van der Waals surface area contributed by atoms with Gasteiger partial charge in [0.25, 0.3) is 0 Å². The van der Waals surface area contributed by atoms with Crippen molar-refractivity contribution in [2.45, 2.75) is 51.4 Å².